The lowest BCUT2D eigenvalue weighted by atomic mass is 9.98. The van der Waals surface area contributed by atoms with Crippen molar-refractivity contribution in [3.63, 3.8) is 0 Å². The molecule has 262 valence electrons. The number of benzene rings is 8. The zero-order valence-electron chi connectivity index (χ0n) is 29.3. The summed E-state index contributed by atoms with van der Waals surface area (Å²) < 4.78 is 47.6. The van der Waals surface area contributed by atoms with Crippen LogP contribution >= 0.6 is 0 Å². The van der Waals surface area contributed by atoms with E-state index in [1.807, 2.05) is 109 Å². The van der Waals surface area contributed by atoms with Crippen LogP contribution in [0.1, 0.15) is 5.56 Å². The summed E-state index contributed by atoms with van der Waals surface area (Å²) in [6, 6.07) is 50.0. The van der Waals surface area contributed by atoms with E-state index in [0.717, 1.165) is 82.4 Å². The molecule has 8 aromatic carbocycles. The molecule has 0 N–H and O–H groups in total. The standard InChI is InChI=1S/C49H25F2N3O2/c50-29-21-27(22-30(51)24-29)37-25-40(53-38-13-5-1-9-31(38)33-17-19-44-46(48(33)53)35-11-3-7-15-42(35)55-44)28(26-52)23-41(37)54-39-14-6-2-10-32(39)34-18-20-45-47(49(34)54)36-12-4-8-16-43(36)56-45/h1-25H. The first-order chi connectivity index (χ1) is 27.6. The predicted octanol–water partition coefficient (Wildman–Crippen LogP) is 13.5. The van der Waals surface area contributed by atoms with Gasteiger partial charge < -0.3 is 18.0 Å². The van der Waals surface area contributed by atoms with Crippen LogP contribution in [0.3, 0.4) is 0 Å². The molecule has 0 aliphatic carbocycles. The second-order valence-electron chi connectivity index (χ2n) is 14.2. The number of para-hydroxylation sites is 4. The maximum atomic E-state index is 15.3. The molecular weight excluding hydrogens is 701 g/mol. The van der Waals surface area contributed by atoms with Gasteiger partial charge in [-0.05, 0) is 78.4 Å². The number of halogens is 2. The van der Waals surface area contributed by atoms with Gasteiger partial charge in [0.05, 0.1) is 49.8 Å². The zero-order chi connectivity index (χ0) is 37.2. The third-order valence-electron chi connectivity index (χ3n) is 11.2. The van der Waals surface area contributed by atoms with Crippen LogP contribution in [-0.4, -0.2) is 9.13 Å². The summed E-state index contributed by atoms with van der Waals surface area (Å²) in [6.45, 7) is 0. The third kappa shape index (κ3) is 4.10. The van der Waals surface area contributed by atoms with Crippen molar-refractivity contribution in [1.82, 2.24) is 9.13 Å². The first-order valence-electron chi connectivity index (χ1n) is 18.3. The average Bonchev–Trinajstić information content (AvgIpc) is 3.97. The molecule has 0 unspecified atom stereocenters. The number of nitriles is 1. The van der Waals surface area contributed by atoms with E-state index in [2.05, 4.69) is 39.5 Å². The van der Waals surface area contributed by atoms with Crippen LogP contribution in [0.2, 0.25) is 0 Å². The van der Waals surface area contributed by atoms with E-state index in [1.165, 1.54) is 12.1 Å². The number of hydrogen-bond donors (Lipinski definition) is 0. The maximum absolute atomic E-state index is 15.3. The number of nitrogens with zero attached hydrogens (tertiary/aromatic N) is 3. The lowest BCUT2D eigenvalue weighted by Gasteiger charge is -2.19. The van der Waals surface area contributed by atoms with Crippen molar-refractivity contribution >= 4 is 87.5 Å². The highest BCUT2D eigenvalue weighted by molar-refractivity contribution is 6.26. The predicted molar refractivity (Wildman–Crippen MR) is 220 cm³/mol. The Morgan fingerprint density at radius 2 is 0.929 bits per heavy atom. The second kappa shape index (κ2) is 11.2. The van der Waals surface area contributed by atoms with Gasteiger partial charge in [-0.15, -0.1) is 0 Å². The first kappa shape index (κ1) is 30.7. The highest BCUT2D eigenvalue weighted by Crippen LogP contribution is 2.46. The molecule has 0 aliphatic heterocycles. The van der Waals surface area contributed by atoms with Crippen molar-refractivity contribution in [2.75, 3.05) is 0 Å². The SMILES string of the molecule is N#Cc1cc(-n2c3ccccc3c3ccc4oc5ccccc5c4c32)c(-c2cc(F)cc(F)c2)cc1-n1c2ccccc2c2ccc3oc4ccccc4c3c21. The highest BCUT2D eigenvalue weighted by atomic mass is 19.1. The van der Waals surface area contributed by atoms with Gasteiger partial charge in [-0.2, -0.15) is 5.26 Å². The van der Waals surface area contributed by atoms with Crippen molar-refractivity contribution < 1.29 is 17.6 Å². The normalized spacial score (nSPS) is 12.1. The van der Waals surface area contributed by atoms with Crippen LogP contribution in [0.4, 0.5) is 8.78 Å². The van der Waals surface area contributed by atoms with Crippen LogP contribution in [0.5, 0.6) is 0 Å². The van der Waals surface area contributed by atoms with Gasteiger partial charge >= 0.3 is 0 Å². The fourth-order valence-electron chi connectivity index (χ4n) is 9.01. The van der Waals surface area contributed by atoms with Gasteiger partial charge in [-0.1, -0.05) is 72.8 Å². The van der Waals surface area contributed by atoms with Crippen molar-refractivity contribution in [3.05, 3.63) is 169 Å². The van der Waals surface area contributed by atoms with Gasteiger partial charge in [-0.25, -0.2) is 8.78 Å². The second-order valence-corrected chi connectivity index (χ2v) is 14.2. The molecule has 4 aromatic heterocycles. The van der Waals surface area contributed by atoms with Crippen LogP contribution in [0, 0.1) is 23.0 Å². The molecule has 56 heavy (non-hydrogen) atoms. The minimum absolute atomic E-state index is 0.332. The fourth-order valence-corrected chi connectivity index (χ4v) is 9.01. The van der Waals surface area contributed by atoms with E-state index in [0.29, 0.717) is 39.2 Å². The number of hydrogen-bond acceptors (Lipinski definition) is 3. The van der Waals surface area contributed by atoms with E-state index in [-0.39, 0.29) is 0 Å². The van der Waals surface area contributed by atoms with Gasteiger partial charge in [0.15, 0.2) is 0 Å². The molecule has 0 saturated carbocycles. The Hall–Kier alpha value is -7.69. The lowest BCUT2D eigenvalue weighted by Crippen LogP contribution is -2.04. The Kier molecular flexibility index (Phi) is 6.13. The fraction of sp³-hybridized carbons (Fsp3) is 0. The van der Waals surface area contributed by atoms with Crippen molar-refractivity contribution in [2.45, 2.75) is 0 Å². The van der Waals surface area contributed by atoms with E-state index in [4.69, 9.17) is 8.83 Å². The minimum atomic E-state index is -0.703. The number of furan rings is 2. The van der Waals surface area contributed by atoms with Gasteiger partial charge in [-0.3, -0.25) is 0 Å². The molecule has 12 rings (SSSR count). The molecule has 0 fully saturated rings. The van der Waals surface area contributed by atoms with Gasteiger partial charge in [0, 0.05) is 43.9 Å². The zero-order valence-corrected chi connectivity index (χ0v) is 29.3. The summed E-state index contributed by atoms with van der Waals surface area (Å²) in [6.07, 6.45) is 0. The topological polar surface area (TPSA) is 59.9 Å². The molecule has 0 aliphatic rings. The number of fused-ring (bicyclic) bond motifs is 14. The lowest BCUT2D eigenvalue weighted by molar-refractivity contribution is 0.584. The quantitative estimate of drug-likeness (QED) is 0.182. The monoisotopic (exact) mass is 725 g/mol. The summed E-state index contributed by atoms with van der Waals surface area (Å²) in [4.78, 5) is 0. The average molecular weight is 726 g/mol. The summed E-state index contributed by atoms with van der Waals surface area (Å²) >= 11 is 0. The molecule has 0 amide bonds. The molecule has 5 nitrogen and oxygen atoms in total. The molecular formula is C49H25F2N3O2. The molecule has 0 atom stereocenters. The largest absolute Gasteiger partial charge is 0.456 e. The molecule has 0 saturated heterocycles. The van der Waals surface area contributed by atoms with Crippen LogP contribution in [0.25, 0.3) is 110 Å². The Labute approximate surface area is 316 Å². The van der Waals surface area contributed by atoms with Crippen LogP contribution < -0.4 is 0 Å². The molecule has 7 heteroatoms. The summed E-state index contributed by atoms with van der Waals surface area (Å²) in [5.41, 5.74) is 8.83. The summed E-state index contributed by atoms with van der Waals surface area (Å²) in [5, 5.41) is 18.8. The molecule has 0 bridgehead atoms. The maximum Gasteiger partial charge on any atom is 0.137 e. The van der Waals surface area contributed by atoms with Crippen LogP contribution in [0.15, 0.2) is 160 Å². The van der Waals surface area contributed by atoms with Gasteiger partial charge in [0.25, 0.3) is 0 Å². The molecule has 4 heterocycles. The van der Waals surface area contributed by atoms with E-state index < -0.39 is 11.6 Å². The van der Waals surface area contributed by atoms with Crippen LogP contribution in [-0.2, 0) is 0 Å². The van der Waals surface area contributed by atoms with Crippen molar-refractivity contribution in [1.29, 1.82) is 5.26 Å². The van der Waals surface area contributed by atoms with E-state index in [1.54, 1.807) is 0 Å². The van der Waals surface area contributed by atoms with E-state index in [9.17, 15) is 5.26 Å². The third-order valence-corrected chi connectivity index (χ3v) is 11.2. The summed E-state index contributed by atoms with van der Waals surface area (Å²) in [7, 11) is 0. The number of aromatic nitrogens is 2. The van der Waals surface area contributed by atoms with Crippen molar-refractivity contribution in [2.24, 2.45) is 0 Å². The first-order valence-corrected chi connectivity index (χ1v) is 18.3. The van der Waals surface area contributed by atoms with Gasteiger partial charge in [0.1, 0.15) is 40.0 Å². The van der Waals surface area contributed by atoms with Crippen molar-refractivity contribution in [3.8, 4) is 28.6 Å². The highest BCUT2D eigenvalue weighted by Gasteiger charge is 2.25. The Morgan fingerprint density at radius 3 is 1.46 bits per heavy atom. The Bertz CT molecular complexity index is 3690. The van der Waals surface area contributed by atoms with Gasteiger partial charge in [0.2, 0.25) is 0 Å². The Balaban J connectivity index is 1.29. The molecule has 0 radical (unpaired) electrons. The molecule has 0 spiro atoms. The minimum Gasteiger partial charge on any atom is -0.456 e. The smallest absolute Gasteiger partial charge is 0.137 e. The number of rotatable bonds is 3. The summed E-state index contributed by atoms with van der Waals surface area (Å²) in [5.74, 6) is -1.41. The van der Waals surface area contributed by atoms with E-state index >= 15 is 8.78 Å². The molecule has 12 aromatic rings. The Morgan fingerprint density at radius 1 is 0.446 bits per heavy atom.